The number of nitrogens with two attached hydrogens (primary N) is 1. The van der Waals surface area contributed by atoms with Crippen molar-refractivity contribution in [2.75, 3.05) is 46.4 Å². The summed E-state index contributed by atoms with van der Waals surface area (Å²) in [7, 11) is 0.325. The van der Waals surface area contributed by atoms with Gasteiger partial charge in [-0.2, -0.15) is 0 Å². The number of methoxy groups -OCH3 is 1. The van der Waals surface area contributed by atoms with Gasteiger partial charge in [-0.15, -0.1) is 11.3 Å². The number of unbranched alkanes of at least 4 members (excludes halogenated alkanes) is 1. The molecule has 2 aliphatic heterocycles. The molecular weight excluding hydrogens is 418 g/mol. The minimum absolute atomic E-state index is 0.409. The van der Waals surface area contributed by atoms with Crippen molar-refractivity contribution in [2.24, 2.45) is 5.73 Å². The first-order valence-electron chi connectivity index (χ1n) is 11.3. The number of nitrogens with zero attached hydrogens (tertiary/aromatic N) is 2. The van der Waals surface area contributed by atoms with Gasteiger partial charge in [-0.05, 0) is 56.6 Å². The topological polar surface area (TPSA) is 75.9 Å². The second-order valence-corrected chi connectivity index (χ2v) is 11.5. The fraction of sp³-hybridized carbons (Fsp3) is 0.773. The van der Waals surface area contributed by atoms with Crippen molar-refractivity contribution in [1.82, 2.24) is 9.21 Å². The van der Waals surface area contributed by atoms with E-state index in [4.69, 9.17) is 10.5 Å². The highest BCUT2D eigenvalue weighted by atomic mass is 32.2. The van der Waals surface area contributed by atoms with E-state index < -0.39 is 21.6 Å². The Morgan fingerprint density at radius 1 is 1.27 bits per heavy atom. The highest BCUT2D eigenvalue weighted by Crippen LogP contribution is 2.37. The van der Waals surface area contributed by atoms with Gasteiger partial charge in [0.05, 0.1) is 6.61 Å². The third-order valence-electron chi connectivity index (χ3n) is 6.61. The number of rotatable bonds is 10. The third-order valence-corrected chi connectivity index (χ3v) is 10.0. The van der Waals surface area contributed by atoms with Crippen molar-refractivity contribution in [3.05, 3.63) is 21.9 Å². The first-order valence-corrected chi connectivity index (χ1v) is 13.2. The van der Waals surface area contributed by atoms with Crippen LogP contribution in [0.2, 0.25) is 0 Å². The van der Waals surface area contributed by atoms with Crippen LogP contribution in [0.4, 0.5) is 0 Å². The molecule has 3 heterocycles. The lowest BCUT2D eigenvalue weighted by molar-refractivity contribution is -0.121. The average Bonchev–Trinajstić information content (AvgIpc) is 3.25. The molecule has 1 unspecified atom stereocenters. The van der Waals surface area contributed by atoms with Crippen molar-refractivity contribution in [3.8, 4) is 0 Å². The molecule has 30 heavy (non-hydrogen) atoms. The van der Waals surface area contributed by atoms with E-state index in [0.29, 0.717) is 25.4 Å². The van der Waals surface area contributed by atoms with Gasteiger partial charge in [0.25, 0.3) is 0 Å². The second kappa shape index (κ2) is 11.2. The summed E-state index contributed by atoms with van der Waals surface area (Å²) in [5, 5.41) is 0. The van der Waals surface area contributed by atoms with E-state index in [1.165, 1.54) is 29.0 Å². The molecule has 0 aliphatic carbocycles. The molecule has 6 nitrogen and oxygen atoms in total. The van der Waals surface area contributed by atoms with Gasteiger partial charge in [0.2, 0.25) is 5.91 Å². The number of thiophene rings is 1. The van der Waals surface area contributed by atoms with E-state index in [0.717, 1.165) is 45.6 Å². The number of primary amides is 1. The lowest BCUT2D eigenvalue weighted by Gasteiger charge is -2.42. The van der Waals surface area contributed by atoms with E-state index in [2.05, 4.69) is 24.0 Å². The maximum atomic E-state index is 13.5. The molecule has 2 N–H and O–H groups in total. The fourth-order valence-electron chi connectivity index (χ4n) is 4.52. The molecule has 2 aliphatic rings. The zero-order valence-corrected chi connectivity index (χ0v) is 20.1. The maximum absolute atomic E-state index is 13.5. The normalized spacial score (nSPS) is 22.2. The first-order chi connectivity index (χ1) is 14.5. The Bertz CT molecular complexity index is 708. The summed E-state index contributed by atoms with van der Waals surface area (Å²) in [6.45, 7) is 6.75. The van der Waals surface area contributed by atoms with Gasteiger partial charge in [0.1, 0.15) is 15.7 Å². The van der Waals surface area contributed by atoms with E-state index >= 15 is 0 Å². The van der Waals surface area contributed by atoms with Crippen molar-refractivity contribution < 1.29 is 13.7 Å². The Kier molecular flexibility index (Phi) is 8.89. The summed E-state index contributed by atoms with van der Waals surface area (Å²) in [5.41, 5.74) is 5.82. The van der Waals surface area contributed by atoms with Crippen LogP contribution in [0.1, 0.15) is 61.1 Å². The highest BCUT2D eigenvalue weighted by molar-refractivity contribution is 7.85. The molecule has 1 amide bonds. The van der Waals surface area contributed by atoms with Gasteiger partial charge in [-0.1, -0.05) is 13.3 Å². The molecule has 0 spiro atoms. The second-order valence-electron chi connectivity index (χ2n) is 8.55. The quantitative estimate of drug-likeness (QED) is 0.589. The molecule has 170 valence electrons. The number of carbonyl (C=O) groups excluding carboxylic acids is 1. The predicted molar refractivity (Wildman–Crippen MR) is 124 cm³/mol. The van der Waals surface area contributed by atoms with Crippen LogP contribution in [0.15, 0.2) is 12.1 Å². The molecule has 0 aromatic carbocycles. The van der Waals surface area contributed by atoms with Crippen molar-refractivity contribution >= 4 is 28.2 Å². The molecule has 1 aromatic heterocycles. The van der Waals surface area contributed by atoms with Gasteiger partial charge in [0.15, 0.2) is 0 Å². The largest absolute Gasteiger partial charge is 0.383 e. The van der Waals surface area contributed by atoms with Crippen LogP contribution in [0, 0.1) is 0 Å². The van der Waals surface area contributed by atoms with Crippen LogP contribution >= 0.6 is 11.3 Å². The third kappa shape index (κ3) is 5.51. The number of hydrogen-bond acceptors (Lipinski definition) is 5. The molecule has 3 rings (SSSR count). The van der Waals surface area contributed by atoms with E-state index in [9.17, 15) is 9.00 Å². The molecule has 1 aromatic rings. The van der Waals surface area contributed by atoms with Crippen LogP contribution in [0.5, 0.6) is 0 Å². The monoisotopic (exact) mass is 455 g/mol. The van der Waals surface area contributed by atoms with Crippen LogP contribution < -0.4 is 5.73 Å². The highest BCUT2D eigenvalue weighted by Gasteiger charge is 2.48. The minimum atomic E-state index is -1.37. The van der Waals surface area contributed by atoms with Crippen LogP contribution in [-0.4, -0.2) is 70.5 Å². The number of ether oxygens (including phenoxy) is 1. The van der Waals surface area contributed by atoms with Crippen molar-refractivity contribution in [3.63, 3.8) is 0 Å². The fourth-order valence-corrected chi connectivity index (χ4v) is 7.48. The Morgan fingerprint density at radius 2 is 1.97 bits per heavy atom. The molecule has 8 heteroatoms. The standard InChI is InChI=1S/C22H37N3O3S2/c1-3-4-5-19-6-7-20(29-19)18-8-12-25(13-9-18)30(27)22(21(23)26)10-14-24(15-11-22)16-17-28-2/h6-7,18H,3-5,8-17H2,1-2H3,(H2,23,26). The molecule has 0 bridgehead atoms. The Hall–Kier alpha value is -0.800. The first kappa shape index (κ1) is 23.9. The minimum Gasteiger partial charge on any atom is -0.383 e. The van der Waals surface area contributed by atoms with Crippen molar-refractivity contribution in [1.29, 1.82) is 0 Å². The molecule has 2 fully saturated rings. The zero-order valence-electron chi connectivity index (χ0n) is 18.4. The van der Waals surface area contributed by atoms with Crippen LogP contribution in [-0.2, 0) is 26.9 Å². The number of hydrogen-bond donors (Lipinski definition) is 1. The average molecular weight is 456 g/mol. The van der Waals surface area contributed by atoms with Gasteiger partial charge in [-0.25, -0.2) is 8.51 Å². The predicted octanol–water partition coefficient (Wildman–Crippen LogP) is 2.90. The summed E-state index contributed by atoms with van der Waals surface area (Å²) in [5.74, 6) is 0.132. The Balaban J connectivity index is 1.56. The van der Waals surface area contributed by atoms with Gasteiger partial charge >= 0.3 is 0 Å². The summed E-state index contributed by atoms with van der Waals surface area (Å²) in [6, 6.07) is 4.56. The SMILES string of the molecule is CCCCc1ccc(C2CCN(S(=O)C3(C(N)=O)CCN(CCOC)CC3)CC2)s1. The molecule has 1 atom stereocenters. The van der Waals surface area contributed by atoms with Gasteiger partial charge in [-0.3, -0.25) is 4.79 Å². The number of piperidine rings is 2. The number of aryl methyl sites for hydroxylation is 1. The summed E-state index contributed by atoms with van der Waals surface area (Å²) in [4.78, 5) is 17.6. The lowest BCUT2D eigenvalue weighted by Crippen LogP contribution is -2.59. The Labute approximate surface area is 187 Å². The number of amides is 1. The number of likely N-dealkylation sites (tertiary alicyclic amines) is 1. The number of carbonyl (C=O) groups is 1. The Morgan fingerprint density at radius 3 is 2.57 bits per heavy atom. The van der Waals surface area contributed by atoms with Crippen LogP contribution in [0.3, 0.4) is 0 Å². The van der Waals surface area contributed by atoms with E-state index in [-0.39, 0.29) is 0 Å². The van der Waals surface area contributed by atoms with Crippen molar-refractivity contribution in [2.45, 2.75) is 62.5 Å². The lowest BCUT2D eigenvalue weighted by atomic mass is 9.95. The van der Waals surface area contributed by atoms with E-state index in [1.54, 1.807) is 7.11 Å². The summed E-state index contributed by atoms with van der Waals surface area (Å²) < 4.78 is 19.7. The zero-order chi connectivity index (χ0) is 21.6. The molecule has 2 saturated heterocycles. The molecule has 0 saturated carbocycles. The van der Waals surface area contributed by atoms with Crippen LogP contribution in [0.25, 0.3) is 0 Å². The van der Waals surface area contributed by atoms with E-state index in [1.807, 2.05) is 15.6 Å². The molecular formula is C22H37N3O3S2. The van der Waals surface area contributed by atoms with Gasteiger partial charge in [0, 0.05) is 49.6 Å². The summed E-state index contributed by atoms with van der Waals surface area (Å²) in [6.07, 6.45) is 6.75. The molecule has 0 radical (unpaired) electrons. The maximum Gasteiger partial charge on any atom is 0.237 e. The van der Waals surface area contributed by atoms with Gasteiger partial charge < -0.3 is 15.4 Å². The summed E-state index contributed by atoms with van der Waals surface area (Å²) >= 11 is 1.94. The smallest absolute Gasteiger partial charge is 0.237 e.